The fourth-order valence-corrected chi connectivity index (χ4v) is 2.77. The molecule has 5 nitrogen and oxygen atoms in total. The third kappa shape index (κ3) is 2.64. The van der Waals surface area contributed by atoms with Crippen LogP contribution in [0.2, 0.25) is 0 Å². The molecule has 2 aromatic rings. The van der Waals surface area contributed by atoms with E-state index in [0.29, 0.717) is 12.6 Å². The normalized spacial score (nSPS) is 16.1. The number of esters is 1. The van der Waals surface area contributed by atoms with Crippen LogP contribution in [0.4, 0.5) is 0 Å². The predicted molar refractivity (Wildman–Crippen MR) is 80.1 cm³/mol. The fourth-order valence-electron chi connectivity index (χ4n) is 2.77. The van der Waals surface area contributed by atoms with Gasteiger partial charge < -0.3 is 9.30 Å². The lowest BCUT2D eigenvalue weighted by atomic mass is 10.0. The monoisotopic (exact) mass is 287 g/mol. The number of hydrogen-bond donors (Lipinski definition) is 0. The zero-order chi connectivity index (χ0) is 14.8. The summed E-state index contributed by atoms with van der Waals surface area (Å²) in [5.74, 6) is 0.368. The van der Waals surface area contributed by atoms with Gasteiger partial charge in [-0.1, -0.05) is 13.3 Å². The highest BCUT2D eigenvalue weighted by atomic mass is 16.5. The van der Waals surface area contributed by atoms with Gasteiger partial charge in [-0.05, 0) is 38.3 Å². The van der Waals surface area contributed by atoms with Gasteiger partial charge in [0.1, 0.15) is 17.3 Å². The third-order valence-corrected chi connectivity index (χ3v) is 3.85. The van der Waals surface area contributed by atoms with E-state index in [1.807, 2.05) is 19.1 Å². The molecule has 0 bridgehead atoms. The summed E-state index contributed by atoms with van der Waals surface area (Å²) in [4.78, 5) is 21.5. The number of pyridine rings is 1. The lowest BCUT2D eigenvalue weighted by Gasteiger charge is -2.16. The molecule has 3 rings (SSSR count). The molecular formula is C16H21N3O2. The first kappa shape index (κ1) is 14.0. The molecule has 112 valence electrons. The highest BCUT2D eigenvalue weighted by molar-refractivity contribution is 5.80. The second kappa shape index (κ2) is 5.84. The maximum atomic E-state index is 12.3. The van der Waals surface area contributed by atoms with E-state index in [-0.39, 0.29) is 11.9 Å². The summed E-state index contributed by atoms with van der Waals surface area (Å²) in [5, 5.41) is 0. The molecule has 1 atom stereocenters. The van der Waals surface area contributed by atoms with Crippen LogP contribution in [0.3, 0.4) is 0 Å². The molecular weight excluding hydrogens is 266 g/mol. The average Bonchev–Trinajstić information content (AvgIpc) is 3.25. The highest BCUT2D eigenvalue weighted by Gasteiger charge is 2.34. The van der Waals surface area contributed by atoms with Crippen molar-refractivity contribution in [1.29, 1.82) is 0 Å². The van der Waals surface area contributed by atoms with Crippen molar-refractivity contribution in [3.8, 4) is 0 Å². The molecule has 0 amide bonds. The molecule has 1 unspecified atom stereocenters. The Morgan fingerprint density at radius 1 is 1.48 bits per heavy atom. The molecule has 1 aliphatic rings. The Bertz CT molecular complexity index is 646. The lowest BCUT2D eigenvalue weighted by Crippen LogP contribution is -2.20. The van der Waals surface area contributed by atoms with Crippen LogP contribution in [0.25, 0.3) is 11.2 Å². The van der Waals surface area contributed by atoms with E-state index >= 15 is 0 Å². The van der Waals surface area contributed by atoms with Crippen LogP contribution < -0.4 is 0 Å². The third-order valence-electron chi connectivity index (χ3n) is 3.85. The number of hydrogen-bond acceptors (Lipinski definition) is 4. The van der Waals surface area contributed by atoms with Gasteiger partial charge in [0.2, 0.25) is 0 Å². The number of carbonyl (C=O) groups is 1. The number of ether oxygens (including phenoxy) is 1. The number of aromatic nitrogens is 3. The smallest absolute Gasteiger partial charge is 0.316 e. The molecule has 5 heteroatoms. The minimum absolute atomic E-state index is 0.170. The summed E-state index contributed by atoms with van der Waals surface area (Å²) < 4.78 is 7.41. The van der Waals surface area contributed by atoms with Crippen LogP contribution >= 0.6 is 0 Å². The van der Waals surface area contributed by atoms with Crippen molar-refractivity contribution in [1.82, 2.24) is 14.5 Å². The minimum Gasteiger partial charge on any atom is -0.465 e. The summed E-state index contributed by atoms with van der Waals surface area (Å²) in [5.41, 5.74) is 1.75. The molecule has 2 aromatic heterocycles. The lowest BCUT2D eigenvalue weighted by molar-refractivity contribution is -0.145. The molecule has 0 aromatic carbocycles. The Labute approximate surface area is 124 Å². The van der Waals surface area contributed by atoms with Gasteiger partial charge in [0, 0.05) is 12.2 Å². The molecule has 1 saturated carbocycles. The molecule has 0 aliphatic heterocycles. The molecule has 21 heavy (non-hydrogen) atoms. The average molecular weight is 287 g/mol. The number of imidazole rings is 1. The van der Waals surface area contributed by atoms with E-state index in [0.717, 1.165) is 42.7 Å². The largest absolute Gasteiger partial charge is 0.465 e. The van der Waals surface area contributed by atoms with Gasteiger partial charge in [-0.3, -0.25) is 4.79 Å². The van der Waals surface area contributed by atoms with E-state index < -0.39 is 0 Å². The number of rotatable bonds is 6. The quantitative estimate of drug-likeness (QED) is 0.765. The van der Waals surface area contributed by atoms with E-state index in [1.165, 1.54) is 0 Å². The van der Waals surface area contributed by atoms with Crippen LogP contribution in [0.5, 0.6) is 0 Å². The van der Waals surface area contributed by atoms with E-state index in [4.69, 9.17) is 9.72 Å². The second-order valence-electron chi connectivity index (χ2n) is 5.51. The van der Waals surface area contributed by atoms with Crippen molar-refractivity contribution < 1.29 is 9.53 Å². The summed E-state index contributed by atoms with van der Waals surface area (Å²) in [6.45, 7) is 4.32. The Morgan fingerprint density at radius 2 is 2.29 bits per heavy atom. The van der Waals surface area contributed by atoms with E-state index in [2.05, 4.69) is 16.5 Å². The summed E-state index contributed by atoms with van der Waals surface area (Å²) >= 11 is 0. The fraction of sp³-hybridized carbons (Fsp3) is 0.562. The van der Waals surface area contributed by atoms with Crippen LogP contribution in [0.1, 0.15) is 57.3 Å². The Morgan fingerprint density at radius 3 is 2.95 bits per heavy atom. The first-order valence-electron chi connectivity index (χ1n) is 7.75. The van der Waals surface area contributed by atoms with Gasteiger partial charge in [0.05, 0.1) is 6.61 Å². The Balaban J connectivity index is 2.07. The van der Waals surface area contributed by atoms with Crippen LogP contribution in [-0.4, -0.2) is 27.1 Å². The van der Waals surface area contributed by atoms with Crippen molar-refractivity contribution in [2.75, 3.05) is 6.61 Å². The Kier molecular flexibility index (Phi) is 3.90. The second-order valence-corrected chi connectivity index (χ2v) is 5.51. The zero-order valence-corrected chi connectivity index (χ0v) is 12.6. The first-order valence-corrected chi connectivity index (χ1v) is 7.75. The zero-order valence-electron chi connectivity index (χ0n) is 12.6. The molecule has 1 aliphatic carbocycles. The van der Waals surface area contributed by atoms with Crippen molar-refractivity contribution in [2.45, 2.75) is 51.5 Å². The van der Waals surface area contributed by atoms with Crippen molar-refractivity contribution in [2.24, 2.45) is 0 Å². The van der Waals surface area contributed by atoms with E-state index in [9.17, 15) is 4.79 Å². The topological polar surface area (TPSA) is 57.0 Å². The maximum Gasteiger partial charge on any atom is 0.316 e. The van der Waals surface area contributed by atoms with Gasteiger partial charge in [-0.2, -0.15) is 0 Å². The van der Waals surface area contributed by atoms with Gasteiger partial charge >= 0.3 is 5.97 Å². The van der Waals surface area contributed by atoms with Crippen LogP contribution in [0, 0.1) is 0 Å². The molecule has 0 saturated heterocycles. The molecule has 0 spiro atoms. The SMILES string of the molecule is CCCC(C(=O)OCC)c1nc2cccnc2n1C1CC1. The standard InChI is InChI=1S/C16H21N3O2/c1-3-6-12(16(20)21-4-2)14-18-13-7-5-10-17-15(13)19(14)11-8-9-11/h5,7,10-12H,3-4,6,8-9H2,1-2H3. The van der Waals surface area contributed by atoms with Crippen LogP contribution in [0.15, 0.2) is 18.3 Å². The first-order chi connectivity index (χ1) is 10.3. The van der Waals surface area contributed by atoms with Crippen molar-refractivity contribution >= 4 is 17.1 Å². The van der Waals surface area contributed by atoms with Crippen molar-refractivity contribution in [3.05, 3.63) is 24.2 Å². The minimum atomic E-state index is -0.287. The van der Waals surface area contributed by atoms with Gasteiger partial charge in [-0.15, -0.1) is 0 Å². The molecule has 2 heterocycles. The summed E-state index contributed by atoms with van der Waals surface area (Å²) in [7, 11) is 0. The molecule has 0 radical (unpaired) electrons. The van der Waals surface area contributed by atoms with Gasteiger partial charge in [0.15, 0.2) is 5.65 Å². The summed E-state index contributed by atoms with van der Waals surface area (Å²) in [6, 6.07) is 4.28. The molecule has 0 N–H and O–H groups in total. The van der Waals surface area contributed by atoms with Gasteiger partial charge in [0.25, 0.3) is 0 Å². The van der Waals surface area contributed by atoms with Crippen molar-refractivity contribution in [3.63, 3.8) is 0 Å². The highest BCUT2D eigenvalue weighted by Crippen LogP contribution is 2.40. The molecule has 1 fully saturated rings. The van der Waals surface area contributed by atoms with E-state index in [1.54, 1.807) is 6.20 Å². The van der Waals surface area contributed by atoms with Gasteiger partial charge in [-0.25, -0.2) is 9.97 Å². The summed E-state index contributed by atoms with van der Waals surface area (Å²) in [6.07, 6.45) is 5.74. The predicted octanol–water partition coefficient (Wildman–Crippen LogP) is 3.21. The van der Waals surface area contributed by atoms with Crippen LogP contribution in [-0.2, 0) is 9.53 Å². The number of nitrogens with zero attached hydrogens (tertiary/aromatic N) is 3. The number of carbonyl (C=O) groups excluding carboxylic acids is 1. The Hall–Kier alpha value is -1.91. The maximum absolute atomic E-state index is 12.3. The number of fused-ring (bicyclic) bond motifs is 1.